The third-order valence-electron chi connectivity index (χ3n) is 4.07. The minimum atomic E-state index is -0.0401. The Morgan fingerprint density at radius 2 is 1.87 bits per heavy atom. The number of nitrogens with one attached hydrogen (secondary N) is 1. The summed E-state index contributed by atoms with van der Waals surface area (Å²) in [4.78, 5) is 18.2. The molecule has 3 rings (SSSR count). The van der Waals surface area contributed by atoms with Crippen LogP contribution in [-0.2, 0) is 0 Å². The summed E-state index contributed by atoms with van der Waals surface area (Å²) in [5, 5.41) is 2.98. The minimum absolute atomic E-state index is 0.0401. The number of nitrogens with zero attached hydrogens (tertiary/aromatic N) is 2. The van der Waals surface area contributed by atoms with E-state index in [0.717, 1.165) is 29.8 Å². The molecule has 2 aromatic rings. The maximum Gasteiger partial charge on any atom is 0.321 e. The summed E-state index contributed by atoms with van der Waals surface area (Å²) in [5.74, 6) is 0.836. The van der Waals surface area contributed by atoms with Gasteiger partial charge in [0.2, 0.25) is 0 Å². The first kappa shape index (κ1) is 15.3. The number of hydrogen-bond acceptors (Lipinski definition) is 3. The summed E-state index contributed by atoms with van der Waals surface area (Å²) in [7, 11) is 0. The van der Waals surface area contributed by atoms with Gasteiger partial charge in [0.25, 0.3) is 0 Å². The van der Waals surface area contributed by atoms with Gasteiger partial charge >= 0.3 is 6.03 Å². The lowest BCUT2D eigenvalue weighted by Crippen LogP contribution is -2.43. The molecule has 2 heterocycles. The average molecular weight is 311 g/mol. The van der Waals surface area contributed by atoms with Crippen molar-refractivity contribution in [2.24, 2.45) is 0 Å². The molecule has 1 saturated heterocycles. The maximum atomic E-state index is 12.4. The van der Waals surface area contributed by atoms with E-state index in [0.29, 0.717) is 13.1 Å². The largest absolute Gasteiger partial charge is 0.490 e. The standard InChI is InChI=1S/C18H21N3O2/c1-14-4-2-3-5-17(14)20-18(22)21-12-8-16(9-13-21)23-15-6-10-19-11-7-15/h2-7,10-11,16H,8-9,12-13H2,1H3,(H,20,22). The van der Waals surface area contributed by atoms with Crippen molar-refractivity contribution in [1.29, 1.82) is 0 Å². The molecule has 2 amide bonds. The first-order valence-corrected chi connectivity index (χ1v) is 7.90. The van der Waals surface area contributed by atoms with Crippen molar-refractivity contribution in [3.8, 4) is 5.75 Å². The first-order valence-electron chi connectivity index (χ1n) is 7.90. The van der Waals surface area contributed by atoms with E-state index in [-0.39, 0.29) is 12.1 Å². The van der Waals surface area contributed by atoms with E-state index in [9.17, 15) is 4.79 Å². The number of pyridine rings is 1. The highest BCUT2D eigenvalue weighted by molar-refractivity contribution is 5.90. The Labute approximate surface area is 136 Å². The number of likely N-dealkylation sites (tertiary alicyclic amines) is 1. The zero-order valence-electron chi connectivity index (χ0n) is 13.2. The number of carbonyl (C=O) groups is 1. The molecule has 1 N–H and O–H groups in total. The fourth-order valence-corrected chi connectivity index (χ4v) is 2.69. The van der Waals surface area contributed by atoms with E-state index in [1.54, 1.807) is 12.4 Å². The van der Waals surface area contributed by atoms with E-state index in [2.05, 4.69) is 10.3 Å². The van der Waals surface area contributed by atoms with Gasteiger partial charge in [-0.1, -0.05) is 18.2 Å². The molecule has 0 aliphatic carbocycles. The van der Waals surface area contributed by atoms with Gasteiger partial charge in [0, 0.05) is 44.0 Å². The number of ether oxygens (including phenoxy) is 1. The van der Waals surface area contributed by atoms with Crippen LogP contribution in [-0.4, -0.2) is 35.1 Å². The van der Waals surface area contributed by atoms with Crippen LogP contribution in [0.2, 0.25) is 0 Å². The number of para-hydroxylation sites is 1. The summed E-state index contributed by atoms with van der Waals surface area (Å²) < 4.78 is 5.92. The second-order valence-electron chi connectivity index (χ2n) is 5.73. The third kappa shape index (κ3) is 4.00. The van der Waals surface area contributed by atoms with Gasteiger partial charge in [0.05, 0.1) is 0 Å². The Bertz CT molecular complexity index is 652. The topological polar surface area (TPSA) is 54.5 Å². The van der Waals surface area contributed by atoms with Crippen LogP contribution in [0.4, 0.5) is 10.5 Å². The Kier molecular flexibility index (Phi) is 4.76. The van der Waals surface area contributed by atoms with Crippen molar-refractivity contribution in [3.05, 3.63) is 54.4 Å². The fraction of sp³-hybridized carbons (Fsp3) is 0.333. The Balaban J connectivity index is 1.50. The summed E-state index contributed by atoms with van der Waals surface area (Å²) in [6.45, 7) is 3.39. The van der Waals surface area contributed by atoms with E-state index < -0.39 is 0 Å². The van der Waals surface area contributed by atoms with Crippen LogP contribution in [0.15, 0.2) is 48.8 Å². The normalized spacial score (nSPS) is 15.3. The molecule has 1 aliphatic rings. The number of piperidine rings is 1. The number of carbonyl (C=O) groups excluding carboxylic acids is 1. The van der Waals surface area contributed by atoms with E-state index in [1.165, 1.54) is 0 Å². The third-order valence-corrected chi connectivity index (χ3v) is 4.07. The summed E-state index contributed by atoms with van der Waals surface area (Å²) >= 11 is 0. The zero-order valence-corrected chi connectivity index (χ0v) is 13.2. The summed E-state index contributed by atoms with van der Waals surface area (Å²) in [5.41, 5.74) is 1.93. The van der Waals surface area contributed by atoms with Crippen LogP contribution in [0.1, 0.15) is 18.4 Å². The summed E-state index contributed by atoms with van der Waals surface area (Å²) in [6, 6.07) is 11.5. The van der Waals surface area contributed by atoms with Crippen molar-refractivity contribution in [2.45, 2.75) is 25.9 Å². The van der Waals surface area contributed by atoms with Crippen LogP contribution in [0, 0.1) is 6.92 Å². The highest BCUT2D eigenvalue weighted by atomic mass is 16.5. The molecule has 1 aliphatic heterocycles. The molecule has 5 heteroatoms. The molecule has 0 bridgehead atoms. The van der Waals surface area contributed by atoms with Crippen LogP contribution in [0.3, 0.4) is 0 Å². The number of hydrogen-bond donors (Lipinski definition) is 1. The van der Waals surface area contributed by atoms with Crippen molar-refractivity contribution < 1.29 is 9.53 Å². The van der Waals surface area contributed by atoms with Gasteiger partial charge in [-0.25, -0.2) is 4.79 Å². The molecule has 0 saturated carbocycles. The van der Waals surface area contributed by atoms with Gasteiger partial charge in [-0.15, -0.1) is 0 Å². The Hall–Kier alpha value is -2.56. The van der Waals surface area contributed by atoms with E-state index >= 15 is 0 Å². The predicted octanol–water partition coefficient (Wildman–Crippen LogP) is 3.47. The molecule has 1 aromatic heterocycles. The smallest absolute Gasteiger partial charge is 0.321 e. The fourth-order valence-electron chi connectivity index (χ4n) is 2.69. The Morgan fingerprint density at radius 3 is 2.57 bits per heavy atom. The molecular weight excluding hydrogens is 290 g/mol. The van der Waals surface area contributed by atoms with Gasteiger partial charge in [-0.3, -0.25) is 4.98 Å². The first-order chi connectivity index (χ1) is 11.2. The molecule has 0 unspecified atom stereocenters. The lowest BCUT2D eigenvalue weighted by Gasteiger charge is -2.32. The molecule has 0 atom stereocenters. The second-order valence-corrected chi connectivity index (χ2v) is 5.73. The van der Waals surface area contributed by atoms with Gasteiger partial charge in [-0.05, 0) is 30.7 Å². The van der Waals surface area contributed by atoms with Gasteiger partial charge in [0.1, 0.15) is 11.9 Å². The zero-order chi connectivity index (χ0) is 16.1. The van der Waals surface area contributed by atoms with Crippen LogP contribution < -0.4 is 10.1 Å². The number of urea groups is 1. The summed E-state index contributed by atoms with van der Waals surface area (Å²) in [6.07, 6.45) is 5.27. The van der Waals surface area contributed by atoms with Gasteiger partial charge in [0.15, 0.2) is 0 Å². The van der Waals surface area contributed by atoms with E-state index in [4.69, 9.17) is 4.74 Å². The monoisotopic (exact) mass is 311 g/mol. The minimum Gasteiger partial charge on any atom is -0.490 e. The molecule has 1 aromatic carbocycles. The number of rotatable bonds is 3. The molecule has 0 spiro atoms. The highest BCUT2D eigenvalue weighted by Crippen LogP contribution is 2.19. The molecule has 1 fully saturated rings. The van der Waals surface area contributed by atoms with Crippen molar-refractivity contribution in [3.63, 3.8) is 0 Å². The molecule has 23 heavy (non-hydrogen) atoms. The number of aryl methyl sites for hydroxylation is 1. The lowest BCUT2D eigenvalue weighted by atomic mass is 10.1. The van der Waals surface area contributed by atoms with Crippen molar-refractivity contribution in [1.82, 2.24) is 9.88 Å². The van der Waals surface area contributed by atoms with Crippen LogP contribution in [0.5, 0.6) is 5.75 Å². The van der Waals surface area contributed by atoms with E-state index in [1.807, 2.05) is 48.2 Å². The lowest BCUT2D eigenvalue weighted by molar-refractivity contribution is 0.115. The SMILES string of the molecule is Cc1ccccc1NC(=O)N1CCC(Oc2ccncc2)CC1. The number of amides is 2. The molecular formula is C18H21N3O2. The van der Waals surface area contributed by atoms with Crippen LogP contribution in [0.25, 0.3) is 0 Å². The Morgan fingerprint density at radius 1 is 1.17 bits per heavy atom. The van der Waals surface area contributed by atoms with Gasteiger partial charge in [-0.2, -0.15) is 0 Å². The molecule has 120 valence electrons. The number of aromatic nitrogens is 1. The number of anilines is 1. The highest BCUT2D eigenvalue weighted by Gasteiger charge is 2.24. The predicted molar refractivity (Wildman–Crippen MR) is 89.7 cm³/mol. The quantitative estimate of drug-likeness (QED) is 0.944. The number of benzene rings is 1. The maximum absolute atomic E-state index is 12.4. The molecule has 0 radical (unpaired) electrons. The average Bonchev–Trinajstić information content (AvgIpc) is 2.58. The van der Waals surface area contributed by atoms with Crippen molar-refractivity contribution >= 4 is 11.7 Å². The van der Waals surface area contributed by atoms with Gasteiger partial charge < -0.3 is 15.0 Å². The molecule has 5 nitrogen and oxygen atoms in total. The van der Waals surface area contributed by atoms with Crippen LogP contribution >= 0.6 is 0 Å². The second kappa shape index (κ2) is 7.13. The van der Waals surface area contributed by atoms with Crippen molar-refractivity contribution in [2.75, 3.05) is 18.4 Å².